The normalized spacial score (nSPS) is 18.6. The number of halogens is 3. The van der Waals surface area contributed by atoms with E-state index in [0.29, 0.717) is 13.2 Å². The lowest BCUT2D eigenvalue weighted by Crippen LogP contribution is -2.43. The molecule has 2 heterocycles. The molecule has 1 aliphatic heterocycles. The predicted octanol–water partition coefficient (Wildman–Crippen LogP) is 0.887. The molecule has 114 valence electrons. The van der Waals surface area contributed by atoms with Crippen molar-refractivity contribution in [2.45, 2.75) is 25.4 Å². The minimum atomic E-state index is -2.47. The SMILES string of the molecule is Cl.O=C(CC1COCCN1)Nc1ccn(CC(F)F)n1. The molecule has 20 heavy (non-hydrogen) atoms. The number of carbonyl (C=O) groups excluding carboxylic acids is 1. The van der Waals surface area contributed by atoms with Crippen LogP contribution >= 0.6 is 12.4 Å². The fraction of sp³-hybridized carbons (Fsp3) is 0.636. The van der Waals surface area contributed by atoms with Gasteiger partial charge in [-0.05, 0) is 0 Å². The average Bonchev–Trinajstić information content (AvgIpc) is 2.76. The van der Waals surface area contributed by atoms with Crippen molar-refractivity contribution in [3.8, 4) is 0 Å². The molecule has 9 heteroatoms. The fourth-order valence-electron chi connectivity index (χ4n) is 1.84. The number of anilines is 1. The van der Waals surface area contributed by atoms with Crippen LogP contribution in [0.4, 0.5) is 14.6 Å². The first-order valence-corrected chi connectivity index (χ1v) is 6.06. The van der Waals surface area contributed by atoms with Gasteiger partial charge >= 0.3 is 0 Å². The van der Waals surface area contributed by atoms with E-state index < -0.39 is 13.0 Å². The molecule has 1 aliphatic rings. The molecule has 6 nitrogen and oxygen atoms in total. The second-order valence-electron chi connectivity index (χ2n) is 4.29. The van der Waals surface area contributed by atoms with E-state index in [1.807, 2.05) is 0 Å². The van der Waals surface area contributed by atoms with Crippen LogP contribution in [-0.2, 0) is 16.1 Å². The number of hydrogen-bond donors (Lipinski definition) is 2. The Morgan fingerprint density at radius 1 is 1.65 bits per heavy atom. The monoisotopic (exact) mass is 310 g/mol. The lowest BCUT2D eigenvalue weighted by molar-refractivity contribution is -0.117. The van der Waals surface area contributed by atoms with Crippen LogP contribution in [0.2, 0.25) is 0 Å². The van der Waals surface area contributed by atoms with Crippen molar-refractivity contribution in [3.05, 3.63) is 12.3 Å². The molecular weight excluding hydrogens is 294 g/mol. The van der Waals surface area contributed by atoms with Crippen LogP contribution in [0.3, 0.4) is 0 Å². The number of rotatable bonds is 5. The minimum absolute atomic E-state index is 0. The predicted molar refractivity (Wildman–Crippen MR) is 71.3 cm³/mol. The molecule has 0 saturated carbocycles. The highest BCUT2D eigenvalue weighted by Crippen LogP contribution is 2.07. The molecule has 0 aliphatic carbocycles. The molecule has 0 bridgehead atoms. The largest absolute Gasteiger partial charge is 0.378 e. The molecule has 1 atom stereocenters. The van der Waals surface area contributed by atoms with Crippen LogP contribution < -0.4 is 10.6 Å². The molecule has 0 aromatic carbocycles. The third kappa shape index (κ3) is 5.40. The van der Waals surface area contributed by atoms with Gasteiger partial charge < -0.3 is 15.4 Å². The second-order valence-corrected chi connectivity index (χ2v) is 4.29. The van der Waals surface area contributed by atoms with Gasteiger partial charge in [-0.2, -0.15) is 5.10 Å². The Kier molecular flexibility index (Phi) is 6.83. The maximum absolute atomic E-state index is 12.1. The number of morpholine rings is 1. The number of hydrogen-bond acceptors (Lipinski definition) is 4. The van der Waals surface area contributed by atoms with Crippen LogP contribution in [0, 0.1) is 0 Å². The molecule has 1 unspecified atom stereocenters. The van der Waals surface area contributed by atoms with Crippen molar-refractivity contribution < 1.29 is 18.3 Å². The number of ether oxygens (including phenoxy) is 1. The second kappa shape index (κ2) is 8.13. The van der Waals surface area contributed by atoms with E-state index in [1.165, 1.54) is 12.3 Å². The number of aromatic nitrogens is 2. The quantitative estimate of drug-likeness (QED) is 0.847. The maximum atomic E-state index is 12.1. The molecule has 1 amide bonds. The Morgan fingerprint density at radius 2 is 2.45 bits per heavy atom. The first-order valence-electron chi connectivity index (χ1n) is 6.06. The topological polar surface area (TPSA) is 68.2 Å². The van der Waals surface area contributed by atoms with Crippen LogP contribution in [-0.4, -0.2) is 47.9 Å². The zero-order chi connectivity index (χ0) is 13.7. The molecule has 0 spiro atoms. The van der Waals surface area contributed by atoms with Gasteiger partial charge in [0, 0.05) is 31.3 Å². The van der Waals surface area contributed by atoms with E-state index in [4.69, 9.17) is 4.74 Å². The number of alkyl halides is 2. The number of nitrogens with one attached hydrogen (secondary N) is 2. The Morgan fingerprint density at radius 3 is 3.10 bits per heavy atom. The summed E-state index contributed by atoms with van der Waals surface area (Å²) < 4.78 is 30.6. The highest BCUT2D eigenvalue weighted by atomic mass is 35.5. The summed E-state index contributed by atoms with van der Waals surface area (Å²) in [5.41, 5.74) is 0. The third-order valence-electron chi connectivity index (χ3n) is 2.66. The lowest BCUT2D eigenvalue weighted by atomic mass is 10.2. The summed E-state index contributed by atoms with van der Waals surface area (Å²) in [6.45, 7) is 1.39. The van der Waals surface area contributed by atoms with Gasteiger partial charge in [-0.1, -0.05) is 0 Å². The highest BCUT2D eigenvalue weighted by molar-refractivity contribution is 5.90. The Hall–Kier alpha value is -1.25. The first kappa shape index (κ1) is 16.8. The van der Waals surface area contributed by atoms with Crippen LogP contribution in [0.25, 0.3) is 0 Å². The molecule has 2 N–H and O–H groups in total. The summed E-state index contributed by atoms with van der Waals surface area (Å²) in [7, 11) is 0. The van der Waals surface area contributed by atoms with Crippen molar-refractivity contribution in [1.29, 1.82) is 0 Å². The smallest absolute Gasteiger partial charge is 0.257 e. The molecule has 0 radical (unpaired) electrons. The average molecular weight is 311 g/mol. The van der Waals surface area contributed by atoms with Gasteiger partial charge in [0.05, 0.1) is 13.2 Å². The number of amides is 1. The van der Waals surface area contributed by atoms with E-state index in [-0.39, 0.29) is 36.6 Å². The molecular formula is C11H17ClF2N4O2. The van der Waals surface area contributed by atoms with Gasteiger partial charge in [-0.25, -0.2) is 8.78 Å². The van der Waals surface area contributed by atoms with Crippen LogP contribution in [0.15, 0.2) is 12.3 Å². The summed E-state index contributed by atoms with van der Waals surface area (Å²) in [4.78, 5) is 11.7. The maximum Gasteiger partial charge on any atom is 0.257 e. The van der Waals surface area contributed by atoms with E-state index in [0.717, 1.165) is 11.2 Å². The van der Waals surface area contributed by atoms with Crippen LogP contribution in [0.1, 0.15) is 6.42 Å². The summed E-state index contributed by atoms with van der Waals surface area (Å²) in [6.07, 6.45) is -0.794. The van der Waals surface area contributed by atoms with Gasteiger partial charge in [-0.15, -0.1) is 12.4 Å². The van der Waals surface area contributed by atoms with Crippen LogP contribution in [0.5, 0.6) is 0 Å². The Balaban J connectivity index is 0.00000200. The molecule has 1 aromatic heterocycles. The number of carbonyl (C=O) groups is 1. The van der Waals surface area contributed by atoms with E-state index in [9.17, 15) is 13.6 Å². The minimum Gasteiger partial charge on any atom is -0.378 e. The van der Waals surface area contributed by atoms with E-state index in [2.05, 4.69) is 15.7 Å². The molecule has 1 fully saturated rings. The standard InChI is InChI=1S/C11H16F2N4O2.ClH/c12-9(13)6-17-3-1-10(16-17)15-11(18)5-8-7-19-4-2-14-8;/h1,3,8-9,14H,2,4-7H2,(H,15,16,18);1H. The Bertz CT molecular complexity index is 424. The zero-order valence-electron chi connectivity index (χ0n) is 10.7. The number of nitrogens with zero attached hydrogens (tertiary/aromatic N) is 2. The summed E-state index contributed by atoms with van der Waals surface area (Å²) in [6, 6.07) is 1.47. The van der Waals surface area contributed by atoms with E-state index in [1.54, 1.807) is 0 Å². The van der Waals surface area contributed by atoms with Crippen molar-refractivity contribution in [1.82, 2.24) is 15.1 Å². The fourth-order valence-corrected chi connectivity index (χ4v) is 1.84. The van der Waals surface area contributed by atoms with Crippen molar-refractivity contribution >= 4 is 24.1 Å². The highest BCUT2D eigenvalue weighted by Gasteiger charge is 2.17. The van der Waals surface area contributed by atoms with Gasteiger partial charge in [0.2, 0.25) is 5.91 Å². The Labute approximate surface area is 121 Å². The van der Waals surface area contributed by atoms with Gasteiger partial charge in [-0.3, -0.25) is 9.48 Å². The summed E-state index contributed by atoms with van der Waals surface area (Å²) in [5, 5.41) is 9.56. The summed E-state index contributed by atoms with van der Waals surface area (Å²) >= 11 is 0. The van der Waals surface area contributed by atoms with Crippen molar-refractivity contribution in [2.75, 3.05) is 25.1 Å². The lowest BCUT2D eigenvalue weighted by Gasteiger charge is -2.22. The first-order chi connectivity index (χ1) is 9.13. The summed E-state index contributed by atoms with van der Waals surface area (Å²) in [5.74, 6) is 0.0627. The van der Waals surface area contributed by atoms with Crippen molar-refractivity contribution in [3.63, 3.8) is 0 Å². The van der Waals surface area contributed by atoms with Gasteiger partial charge in [0.25, 0.3) is 6.43 Å². The molecule has 2 rings (SSSR count). The molecule has 1 saturated heterocycles. The van der Waals surface area contributed by atoms with Crippen molar-refractivity contribution in [2.24, 2.45) is 0 Å². The van der Waals surface area contributed by atoms with Gasteiger partial charge in [0.1, 0.15) is 6.54 Å². The van der Waals surface area contributed by atoms with Gasteiger partial charge in [0.15, 0.2) is 5.82 Å². The zero-order valence-corrected chi connectivity index (χ0v) is 11.5. The van der Waals surface area contributed by atoms with E-state index >= 15 is 0 Å². The third-order valence-corrected chi connectivity index (χ3v) is 2.66. The molecule has 1 aromatic rings.